The number of carbonyl (C=O) groups excluding carboxylic acids is 2. The molecule has 0 spiro atoms. The van der Waals surface area contributed by atoms with E-state index in [0.29, 0.717) is 11.3 Å². The van der Waals surface area contributed by atoms with Crippen LogP contribution in [-0.4, -0.2) is 48.7 Å². The Hall–Kier alpha value is -2.44. The van der Waals surface area contributed by atoms with Gasteiger partial charge in [0, 0.05) is 26.1 Å². The number of nitrogens with one attached hydrogen (secondary N) is 1. The summed E-state index contributed by atoms with van der Waals surface area (Å²) in [5.74, 6) is -1.03. The van der Waals surface area contributed by atoms with Crippen LogP contribution in [0.15, 0.2) is 29.4 Å². The minimum atomic E-state index is -1.20. The first-order valence-corrected chi connectivity index (χ1v) is 6.81. The average Bonchev–Trinajstić information content (AvgIpc) is 2.88. The van der Waals surface area contributed by atoms with Gasteiger partial charge in [-0.2, -0.15) is 0 Å². The SMILES string of the molecule is CN(C)C(=O)CNC(=O)C1(C)CC(c2cccc(F)c2)=NO1. The summed E-state index contributed by atoms with van der Waals surface area (Å²) in [6, 6.07) is 5.93. The molecule has 118 valence electrons. The standard InChI is InChI=1S/C15H18FN3O3/c1-15(14(21)17-9-13(20)19(2)3)8-12(18-22-15)10-5-4-6-11(16)7-10/h4-7H,8-9H2,1-3H3,(H,17,21). The molecule has 0 saturated carbocycles. The smallest absolute Gasteiger partial charge is 0.267 e. The quantitative estimate of drug-likeness (QED) is 0.899. The summed E-state index contributed by atoms with van der Waals surface area (Å²) in [4.78, 5) is 30.3. The van der Waals surface area contributed by atoms with Crippen molar-refractivity contribution in [2.75, 3.05) is 20.6 Å². The molecular formula is C15H18FN3O3. The molecule has 2 rings (SSSR count). The largest absolute Gasteiger partial charge is 0.379 e. The lowest BCUT2D eigenvalue weighted by Gasteiger charge is -2.20. The fourth-order valence-corrected chi connectivity index (χ4v) is 1.99. The molecule has 0 bridgehead atoms. The van der Waals surface area contributed by atoms with Crippen LogP contribution in [0, 0.1) is 5.82 Å². The summed E-state index contributed by atoms with van der Waals surface area (Å²) in [6.07, 6.45) is 0.207. The monoisotopic (exact) mass is 307 g/mol. The molecule has 0 aromatic heterocycles. The maximum absolute atomic E-state index is 13.2. The lowest BCUT2D eigenvalue weighted by molar-refractivity contribution is -0.143. The number of oxime groups is 1. The molecule has 1 aliphatic heterocycles. The Balaban J connectivity index is 1.99. The van der Waals surface area contributed by atoms with Crippen LogP contribution < -0.4 is 5.32 Å². The van der Waals surface area contributed by atoms with E-state index < -0.39 is 11.5 Å². The van der Waals surface area contributed by atoms with Gasteiger partial charge in [-0.1, -0.05) is 17.3 Å². The lowest BCUT2D eigenvalue weighted by atomic mass is 9.95. The minimum Gasteiger partial charge on any atom is -0.379 e. The maximum atomic E-state index is 13.2. The van der Waals surface area contributed by atoms with Crippen molar-refractivity contribution >= 4 is 17.5 Å². The van der Waals surface area contributed by atoms with Gasteiger partial charge >= 0.3 is 0 Å². The summed E-state index contributed by atoms with van der Waals surface area (Å²) >= 11 is 0. The number of amides is 2. The van der Waals surface area contributed by atoms with Crippen molar-refractivity contribution < 1.29 is 18.8 Å². The van der Waals surface area contributed by atoms with Gasteiger partial charge in [-0.05, 0) is 19.1 Å². The van der Waals surface area contributed by atoms with E-state index in [1.54, 1.807) is 33.2 Å². The Morgan fingerprint density at radius 1 is 1.45 bits per heavy atom. The number of benzene rings is 1. The highest BCUT2D eigenvalue weighted by atomic mass is 19.1. The topological polar surface area (TPSA) is 71.0 Å². The molecule has 22 heavy (non-hydrogen) atoms. The Morgan fingerprint density at radius 2 is 2.18 bits per heavy atom. The van der Waals surface area contributed by atoms with Crippen LogP contribution in [0.4, 0.5) is 4.39 Å². The predicted molar refractivity (Wildman–Crippen MR) is 78.7 cm³/mol. The summed E-state index contributed by atoms with van der Waals surface area (Å²) < 4.78 is 13.2. The van der Waals surface area contributed by atoms with Crippen LogP contribution in [0.2, 0.25) is 0 Å². The fraction of sp³-hybridized carbons (Fsp3) is 0.400. The number of halogens is 1. The maximum Gasteiger partial charge on any atom is 0.267 e. The van der Waals surface area contributed by atoms with E-state index in [2.05, 4.69) is 10.5 Å². The first-order chi connectivity index (χ1) is 10.3. The second kappa shape index (κ2) is 6.13. The van der Waals surface area contributed by atoms with Gasteiger partial charge in [-0.15, -0.1) is 0 Å². The Bertz CT molecular complexity index is 630. The van der Waals surface area contributed by atoms with Crippen molar-refractivity contribution in [3.8, 4) is 0 Å². The Kier molecular flexibility index (Phi) is 4.44. The van der Waals surface area contributed by atoms with Crippen LogP contribution in [0.1, 0.15) is 18.9 Å². The average molecular weight is 307 g/mol. The number of hydrogen-bond acceptors (Lipinski definition) is 4. The van der Waals surface area contributed by atoms with E-state index >= 15 is 0 Å². The van der Waals surface area contributed by atoms with E-state index in [0.717, 1.165) is 0 Å². The van der Waals surface area contributed by atoms with Gasteiger partial charge in [0.05, 0.1) is 12.3 Å². The molecule has 1 N–H and O–H groups in total. The number of likely N-dealkylation sites (N-methyl/N-ethyl adjacent to an activating group) is 1. The van der Waals surface area contributed by atoms with Crippen LogP contribution in [0.25, 0.3) is 0 Å². The number of hydrogen-bond donors (Lipinski definition) is 1. The van der Waals surface area contributed by atoms with Crippen molar-refractivity contribution in [3.05, 3.63) is 35.6 Å². The van der Waals surface area contributed by atoms with Gasteiger partial charge in [-0.25, -0.2) is 4.39 Å². The highest BCUT2D eigenvalue weighted by molar-refractivity contribution is 6.05. The summed E-state index contributed by atoms with van der Waals surface area (Å²) in [6.45, 7) is 1.47. The van der Waals surface area contributed by atoms with Gasteiger partial charge in [0.15, 0.2) is 0 Å². The Morgan fingerprint density at radius 3 is 2.82 bits per heavy atom. The number of rotatable bonds is 4. The highest BCUT2D eigenvalue weighted by Crippen LogP contribution is 2.27. The first kappa shape index (κ1) is 15.9. The normalized spacial score (nSPS) is 20.1. The van der Waals surface area contributed by atoms with Crippen molar-refractivity contribution in [1.29, 1.82) is 0 Å². The molecule has 0 aliphatic carbocycles. The molecule has 2 amide bonds. The third-order valence-corrected chi connectivity index (χ3v) is 3.40. The van der Waals surface area contributed by atoms with Crippen molar-refractivity contribution in [3.63, 3.8) is 0 Å². The van der Waals surface area contributed by atoms with Crippen molar-refractivity contribution in [2.45, 2.75) is 18.9 Å². The second-order valence-electron chi connectivity index (χ2n) is 5.52. The third-order valence-electron chi connectivity index (χ3n) is 3.40. The number of nitrogens with zero attached hydrogens (tertiary/aromatic N) is 2. The predicted octanol–water partition coefficient (Wildman–Crippen LogP) is 0.913. The Labute approximate surface area is 127 Å². The van der Waals surface area contributed by atoms with Crippen molar-refractivity contribution in [1.82, 2.24) is 10.2 Å². The van der Waals surface area contributed by atoms with Gasteiger partial charge < -0.3 is 15.1 Å². The molecule has 1 unspecified atom stereocenters. The van der Waals surface area contributed by atoms with Crippen molar-refractivity contribution in [2.24, 2.45) is 5.16 Å². The van der Waals surface area contributed by atoms with Gasteiger partial charge in [0.1, 0.15) is 5.82 Å². The first-order valence-electron chi connectivity index (χ1n) is 6.81. The lowest BCUT2D eigenvalue weighted by Crippen LogP contribution is -2.47. The molecule has 0 saturated heterocycles. The second-order valence-corrected chi connectivity index (χ2v) is 5.52. The summed E-state index contributed by atoms with van der Waals surface area (Å²) in [5.41, 5.74) is -0.134. The molecule has 1 heterocycles. The van der Waals surface area contributed by atoms with Gasteiger partial charge in [0.2, 0.25) is 11.5 Å². The summed E-state index contributed by atoms with van der Waals surface area (Å²) in [7, 11) is 3.21. The highest BCUT2D eigenvalue weighted by Gasteiger charge is 2.42. The molecule has 1 aromatic rings. The van der Waals surface area contributed by atoms with E-state index in [1.165, 1.54) is 17.0 Å². The molecular weight excluding hydrogens is 289 g/mol. The third kappa shape index (κ3) is 3.41. The minimum absolute atomic E-state index is 0.111. The van der Waals surface area contributed by atoms with Gasteiger partial charge in [-0.3, -0.25) is 9.59 Å². The molecule has 6 nitrogen and oxygen atoms in total. The van der Waals surface area contributed by atoms with Crippen LogP contribution in [-0.2, 0) is 14.4 Å². The molecule has 0 fully saturated rings. The van der Waals surface area contributed by atoms with E-state index in [4.69, 9.17) is 4.84 Å². The van der Waals surface area contributed by atoms with E-state index in [1.807, 2.05) is 0 Å². The van der Waals surface area contributed by atoms with E-state index in [9.17, 15) is 14.0 Å². The van der Waals surface area contributed by atoms with Crippen LogP contribution in [0.3, 0.4) is 0 Å². The zero-order chi connectivity index (χ0) is 16.3. The zero-order valence-corrected chi connectivity index (χ0v) is 12.7. The van der Waals surface area contributed by atoms with Gasteiger partial charge in [0.25, 0.3) is 5.91 Å². The fourth-order valence-electron chi connectivity index (χ4n) is 1.99. The molecule has 1 aliphatic rings. The molecule has 1 atom stereocenters. The molecule has 1 aromatic carbocycles. The summed E-state index contributed by atoms with van der Waals surface area (Å²) in [5, 5.41) is 6.40. The van der Waals surface area contributed by atoms with Crippen LogP contribution >= 0.6 is 0 Å². The van der Waals surface area contributed by atoms with Crippen LogP contribution in [0.5, 0.6) is 0 Å². The number of carbonyl (C=O) groups is 2. The zero-order valence-electron chi connectivity index (χ0n) is 12.7. The molecule has 0 radical (unpaired) electrons. The molecule has 7 heteroatoms. The van der Waals surface area contributed by atoms with E-state index in [-0.39, 0.29) is 24.7 Å².